The molecule has 2 aliphatic rings. The summed E-state index contributed by atoms with van der Waals surface area (Å²) in [6, 6.07) is 3.27. The second-order valence-corrected chi connectivity index (χ2v) is 10.4. The summed E-state index contributed by atoms with van der Waals surface area (Å²) in [6.45, 7) is 2.23. The van der Waals surface area contributed by atoms with Crippen LogP contribution in [0.5, 0.6) is 5.75 Å². The van der Waals surface area contributed by atoms with E-state index in [1.54, 1.807) is 0 Å². The maximum Gasteiger partial charge on any atom is 0.429 e. The Balaban J connectivity index is 1.41. The van der Waals surface area contributed by atoms with Crippen molar-refractivity contribution in [3.8, 4) is 5.75 Å². The molecule has 2 aromatic rings. The lowest BCUT2D eigenvalue weighted by molar-refractivity contribution is -0.187. The number of rotatable bonds is 6. The standard InChI is InChI=1S/C28H30F8O/c1-2-16-3-5-17(6-4-16)18-7-9-19(10-8-18)20-11-12-22(23(29)13-20)28(35,36)37-21-14-24(30)26(25(31)15-21)27(32,33)34/h11-19H,2-10H2,1H3/t16-,17-,18?,19?. The molecule has 0 unspecified atom stereocenters. The Labute approximate surface area is 211 Å². The molecule has 204 valence electrons. The first-order valence-corrected chi connectivity index (χ1v) is 12.8. The third kappa shape index (κ3) is 6.23. The molecule has 2 fully saturated rings. The average Bonchev–Trinajstić information content (AvgIpc) is 2.82. The Bertz CT molecular complexity index is 1060. The Morgan fingerprint density at radius 3 is 1.76 bits per heavy atom. The fourth-order valence-electron chi connectivity index (χ4n) is 6.10. The summed E-state index contributed by atoms with van der Waals surface area (Å²) in [5, 5.41) is 0. The van der Waals surface area contributed by atoms with Gasteiger partial charge in [0.2, 0.25) is 0 Å². The zero-order valence-corrected chi connectivity index (χ0v) is 20.5. The van der Waals surface area contributed by atoms with Gasteiger partial charge >= 0.3 is 12.3 Å². The first-order valence-electron chi connectivity index (χ1n) is 12.8. The van der Waals surface area contributed by atoms with Crippen LogP contribution in [0.15, 0.2) is 30.3 Å². The van der Waals surface area contributed by atoms with Crippen molar-refractivity contribution in [1.82, 2.24) is 0 Å². The highest BCUT2D eigenvalue weighted by Crippen LogP contribution is 2.45. The molecule has 2 aliphatic carbocycles. The van der Waals surface area contributed by atoms with E-state index in [0.29, 0.717) is 11.5 Å². The van der Waals surface area contributed by atoms with Gasteiger partial charge in [-0.25, -0.2) is 13.2 Å². The Hall–Kier alpha value is -2.32. The van der Waals surface area contributed by atoms with Gasteiger partial charge in [0, 0.05) is 12.1 Å². The van der Waals surface area contributed by atoms with Crippen LogP contribution in [0.1, 0.15) is 87.3 Å². The van der Waals surface area contributed by atoms with Gasteiger partial charge in [-0.1, -0.05) is 32.3 Å². The van der Waals surface area contributed by atoms with Crippen molar-refractivity contribution in [2.45, 2.75) is 82.9 Å². The highest BCUT2D eigenvalue weighted by molar-refractivity contribution is 5.34. The summed E-state index contributed by atoms with van der Waals surface area (Å²) in [4.78, 5) is 0. The molecule has 4 rings (SSSR count). The summed E-state index contributed by atoms with van der Waals surface area (Å²) >= 11 is 0. The topological polar surface area (TPSA) is 9.23 Å². The molecule has 0 bridgehead atoms. The highest BCUT2D eigenvalue weighted by Gasteiger charge is 2.41. The van der Waals surface area contributed by atoms with Crippen LogP contribution < -0.4 is 4.74 Å². The number of halogens is 8. The van der Waals surface area contributed by atoms with E-state index in [9.17, 15) is 35.1 Å². The summed E-state index contributed by atoms with van der Waals surface area (Å²) in [5.41, 5.74) is -2.79. The van der Waals surface area contributed by atoms with Crippen molar-refractivity contribution < 1.29 is 39.9 Å². The van der Waals surface area contributed by atoms with Gasteiger partial charge < -0.3 is 4.74 Å². The molecule has 37 heavy (non-hydrogen) atoms. The fraction of sp³-hybridized carbons (Fsp3) is 0.571. The predicted octanol–water partition coefficient (Wildman–Crippen LogP) is 9.74. The zero-order chi connectivity index (χ0) is 27.0. The van der Waals surface area contributed by atoms with Gasteiger partial charge in [0.25, 0.3) is 0 Å². The van der Waals surface area contributed by atoms with Crippen molar-refractivity contribution in [2.24, 2.45) is 17.8 Å². The summed E-state index contributed by atoms with van der Waals surface area (Å²) in [5.74, 6) is -4.43. The van der Waals surface area contributed by atoms with E-state index >= 15 is 0 Å². The van der Waals surface area contributed by atoms with E-state index in [-0.39, 0.29) is 18.1 Å². The number of hydrogen-bond donors (Lipinski definition) is 0. The first kappa shape index (κ1) is 27.7. The Morgan fingerprint density at radius 2 is 1.27 bits per heavy atom. The second kappa shape index (κ2) is 10.8. The summed E-state index contributed by atoms with van der Waals surface area (Å²) in [6.07, 6.45) is 0.260. The van der Waals surface area contributed by atoms with Gasteiger partial charge in [-0.2, -0.15) is 22.0 Å². The maximum atomic E-state index is 14.8. The smallest absolute Gasteiger partial charge is 0.429 e. The third-order valence-electron chi connectivity index (χ3n) is 8.23. The Morgan fingerprint density at radius 1 is 0.730 bits per heavy atom. The molecule has 0 aliphatic heterocycles. The Kier molecular flexibility index (Phi) is 8.10. The van der Waals surface area contributed by atoms with Crippen molar-refractivity contribution >= 4 is 0 Å². The van der Waals surface area contributed by atoms with Crippen molar-refractivity contribution in [1.29, 1.82) is 0 Å². The number of hydrogen-bond acceptors (Lipinski definition) is 1. The maximum absolute atomic E-state index is 14.8. The van der Waals surface area contributed by atoms with Crippen molar-refractivity contribution in [3.63, 3.8) is 0 Å². The van der Waals surface area contributed by atoms with Gasteiger partial charge in [-0.05, 0) is 79.9 Å². The molecule has 0 radical (unpaired) electrons. The van der Waals surface area contributed by atoms with Gasteiger partial charge in [-0.3, -0.25) is 0 Å². The van der Waals surface area contributed by atoms with E-state index in [4.69, 9.17) is 0 Å². The van der Waals surface area contributed by atoms with Crippen LogP contribution in [-0.2, 0) is 12.3 Å². The number of benzene rings is 2. The minimum Gasteiger partial charge on any atom is -0.429 e. The van der Waals surface area contributed by atoms with Gasteiger partial charge in [0.1, 0.15) is 28.8 Å². The van der Waals surface area contributed by atoms with E-state index in [2.05, 4.69) is 11.7 Å². The summed E-state index contributed by atoms with van der Waals surface area (Å²) in [7, 11) is 0. The van der Waals surface area contributed by atoms with Crippen LogP contribution in [-0.4, -0.2) is 0 Å². The van der Waals surface area contributed by atoms with Crippen LogP contribution in [0, 0.1) is 35.2 Å². The molecule has 0 saturated heterocycles. The molecule has 0 heterocycles. The summed E-state index contributed by atoms with van der Waals surface area (Å²) < 4.78 is 114. The van der Waals surface area contributed by atoms with Crippen LogP contribution in [0.25, 0.3) is 0 Å². The van der Waals surface area contributed by atoms with Crippen LogP contribution in [0.4, 0.5) is 35.1 Å². The number of alkyl halides is 5. The third-order valence-corrected chi connectivity index (χ3v) is 8.23. The average molecular weight is 535 g/mol. The normalized spacial score (nSPS) is 25.2. The van der Waals surface area contributed by atoms with Crippen LogP contribution >= 0.6 is 0 Å². The quantitative estimate of drug-likeness (QED) is 0.335. The molecule has 0 aromatic heterocycles. The van der Waals surface area contributed by atoms with Crippen LogP contribution in [0.2, 0.25) is 0 Å². The minimum absolute atomic E-state index is 0.000744. The lowest BCUT2D eigenvalue weighted by Gasteiger charge is -2.38. The minimum atomic E-state index is -5.36. The van der Waals surface area contributed by atoms with E-state index < -0.39 is 46.6 Å². The fourth-order valence-corrected chi connectivity index (χ4v) is 6.10. The van der Waals surface area contributed by atoms with Gasteiger partial charge in [0.15, 0.2) is 0 Å². The zero-order valence-electron chi connectivity index (χ0n) is 20.5. The van der Waals surface area contributed by atoms with Crippen LogP contribution in [0.3, 0.4) is 0 Å². The van der Waals surface area contributed by atoms with E-state index in [1.807, 2.05) is 0 Å². The highest BCUT2D eigenvalue weighted by atomic mass is 19.4. The molecule has 1 nitrogen and oxygen atoms in total. The van der Waals surface area contributed by atoms with Gasteiger partial charge in [0.05, 0.1) is 5.56 Å². The molecule has 0 N–H and O–H groups in total. The number of ether oxygens (including phenoxy) is 1. The molecular weight excluding hydrogens is 504 g/mol. The second-order valence-electron chi connectivity index (χ2n) is 10.4. The van der Waals surface area contributed by atoms with E-state index in [1.165, 1.54) is 38.2 Å². The van der Waals surface area contributed by atoms with Gasteiger partial charge in [-0.15, -0.1) is 0 Å². The lowest BCUT2D eigenvalue weighted by atomic mass is 9.68. The molecule has 0 atom stereocenters. The first-order chi connectivity index (χ1) is 17.4. The predicted molar refractivity (Wildman–Crippen MR) is 123 cm³/mol. The van der Waals surface area contributed by atoms with Crippen molar-refractivity contribution in [3.05, 3.63) is 64.5 Å². The molecule has 0 amide bonds. The SMILES string of the molecule is CC[C@H]1CC[C@H](C2CCC(c3ccc(C(F)(F)Oc4cc(F)c(C(F)(F)F)c(F)c4)c(F)c3)CC2)CC1. The lowest BCUT2D eigenvalue weighted by Crippen LogP contribution is -2.26. The molecule has 0 spiro atoms. The molecular formula is C28H30F8O. The molecule has 2 aromatic carbocycles. The largest absolute Gasteiger partial charge is 0.429 e. The van der Waals surface area contributed by atoms with E-state index in [0.717, 1.165) is 49.7 Å². The molecule has 9 heteroatoms. The monoisotopic (exact) mass is 534 g/mol. The molecule has 2 saturated carbocycles. The van der Waals surface area contributed by atoms with Crippen molar-refractivity contribution in [2.75, 3.05) is 0 Å².